The lowest BCUT2D eigenvalue weighted by Crippen LogP contribution is -2.23. The number of benzene rings is 1. The van der Waals surface area contributed by atoms with Crippen LogP contribution in [0, 0.1) is 13.8 Å². The molecule has 2 aromatic heterocycles. The van der Waals surface area contributed by atoms with Crippen LogP contribution in [-0.2, 0) is 16.1 Å². The van der Waals surface area contributed by atoms with E-state index in [0.717, 1.165) is 28.2 Å². The number of amides is 1. The van der Waals surface area contributed by atoms with Gasteiger partial charge in [-0.15, -0.1) is 10.2 Å². The highest BCUT2D eigenvalue weighted by Crippen LogP contribution is 2.27. The number of aromatic nitrogens is 4. The van der Waals surface area contributed by atoms with Crippen molar-refractivity contribution < 1.29 is 9.53 Å². The summed E-state index contributed by atoms with van der Waals surface area (Å²) < 4.78 is 7.22. The van der Waals surface area contributed by atoms with Gasteiger partial charge in [0.05, 0.1) is 18.4 Å². The molecule has 0 bridgehead atoms. The maximum atomic E-state index is 12.8. The minimum absolute atomic E-state index is 0.0737. The van der Waals surface area contributed by atoms with Crippen molar-refractivity contribution >= 4 is 23.4 Å². The van der Waals surface area contributed by atoms with Crippen LogP contribution in [0.3, 0.4) is 0 Å². The number of aryl methyl sites for hydroxylation is 2. The predicted octanol–water partition coefficient (Wildman–Crippen LogP) is 3.72. The van der Waals surface area contributed by atoms with Gasteiger partial charge in [-0.3, -0.25) is 14.3 Å². The fourth-order valence-electron chi connectivity index (χ4n) is 2.79. The molecule has 0 saturated carbocycles. The summed E-state index contributed by atoms with van der Waals surface area (Å²) in [6.45, 7) is 6.97. The predicted molar refractivity (Wildman–Crippen MR) is 115 cm³/mol. The van der Waals surface area contributed by atoms with E-state index in [1.165, 1.54) is 11.8 Å². The number of carbonyl (C=O) groups excluding carboxylic acids is 1. The van der Waals surface area contributed by atoms with E-state index < -0.39 is 0 Å². The Morgan fingerprint density at radius 2 is 1.97 bits per heavy atom. The Hall–Kier alpha value is -2.71. The standard InChI is InChI=1S/C21H25N5O2S/c1-14-5-6-15(2)18(13-14)23-20(27)16(3)29-21-25-24-19(26(21)11-12-28-4)17-7-9-22-10-8-17/h5-10,13,16H,11-12H2,1-4H3,(H,23,27). The molecule has 7 nitrogen and oxygen atoms in total. The Balaban J connectivity index is 1.78. The number of thioether (sulfide) groups is 1. The topological polar surface area (TPSA) is 81.9 Å². The molecule has 0 aliphatic heterocycles. The van der Waals surface area contributed by atoms with E-state index in [-0.39, 0.29) is 11.2 Å². The molecule has 1 N–H and O–H groups in total. The fraction of sp³-hybridized carbons (Fsp3) is 0.333. The van der Waals surface area contributed by atoms with Crippen molar-refractivity contribution in [1.82, 2.24) is 19.7 Å². The lowest BCUT2D eigenvalue weighted by molar-refractivity contribution is -0.115. The molecule has 0 fully saturated rings. The third kappa shape index (κ3) is 5.21. The van der Waals surface area contributed by atoms with Crippen LogP contribution in [0.1, 0.15) is 18.1 Å². The van der Waals surface area contributed by atoms with Crippen molar-refractivity contribution in [1.29, 1.82) is 0 Å². The van der Waals surface area contributed by atoms with Crippen LogP contribution in [0.25, 0.3) is 11.4 Å². The molecule has 0 saturated heterocycles. The first-order valence-corrected chi connectivity index (χ1v) is 10.2. The summed E-state index contributed by atoms with van der Waals surface area (Å²) in [5.74, 6) is 0.657. The number of ether oxygens (including phenoxy) is 1. The maximum absolute atomic E-state index is 12.8. The summed E-state index contributed by atoms with van der Waals surface area (Å²) in [6, 6.07) is 9.79. The van der Waals surface area contributed by atoms with E-state index in [1.54, 1.807) is 19.5 Å². The summed E-state index contributed by atoms with van der Waals surface area (Å²) in [7, 11) is 1.66. The van der Waals surface area contributed by atoms with Crippen molar-refractivity contribution in [2.24, 2.45) is 0 Å². The van der Waals surface area contributed by atoms with E-state index in [4.69, 9.17) is 4.74 Å². The molecular formula is C21H25N5O2S. The van der Waals surface area contributed by atoms with Gasteiger partial charge in [-0.25, -0.2) is 0 Å². The molecule has 3 rings (SSSR count). The molecule has 8 heteroatoms. The number of methoxy groups -OCH3 is 1. The van der Waals surface area contributed by atoms with Crippen LogP contribution in [-0.4, -0.2) is 44.6 Å². The van der Waals surface area contributed by atoms with Crippen LogP contribution in [0.5, 0.6) is 0 Å². The Kier molecular flexibility index (Phi) is 7.00. The molecular weight excluding hydrogens is 386 g/mol. The van der Waals surface area contributed by atoms with Gasteiger partial charge in [-0.1, -0.05) is 23.9 Å². The SMILES string of the molecule is COCCn1c(SC(C)C(=O)Nc2cc(C)ccc2C)nnc1-c1ccncc1. The Morgan fingerprint density at radius 1 is 1.21 bits per heavy atom. The van der Waals surface area contributed by atoms with Crippen molar-refractivity contribution in [2.75, 3.05) is 19.0 Å². The number of carbonyl (C=O) groups is 1. The first kappa shape index (κ1) is 21.0. The lowest BCUT2D eigenvalue weighted by atomic mass is 10.1. The molecule has 29 heavy (non-hydrogen) atoms. The van der Waals surface area contributed by atoms with Gasteiger partial charge in [0.25, 0.3) is 0 Å². The van der Waals surface area contributed by atoms with Gasteiger partial charge in [0.2, 0.25) is 5.91 Å². The molecule has 0 radical (unpaired) electrons. The van der Waals surface area contributed by atoms with E-state index in [9.17, 15) is 4.79 Å². The van der Waals surface area contributed by atoms with Gasteiger partial charge in [0.15, 0.2) is 11.0 Å². The zero-order chi connectivity index (χ0) is 20.8. The molecule has 1 unspecified atom stereocenters. The first-order chi connectivity index (χ1) is 14.0. The van der Waals surface area contributed by atoms with Crippen molar-refractivity contribution in [3.63, 3.8) is 0 Å². The van der Waals surface area contributed by atoms with Gasteiger partial charge >= 0.3 is 0 Å². The zero-order valence-electron chi connectivity index (χ0n) is 17.0. The fourth-order valence-corrected chi connectivity index (χ4v) is 3.67. The number of nitrogens with one attached hydrogen (secondary N) is 1. The van der Waals surface area contributed by atoms with Crippen LogP contribution < -0.4 is 5.32 Å². The van der Waals surface area contributed by atoms with Crippen molar-refractivity contribution in [3.05, 3.63) is 53.9 Å². The Bertz CT molecular complexity index is 974. The summed E-state index contributed by atoms with van der Waals surface area (Å²) in [5.41, 5.74) is 3.89. The quantitative estimate of drug-likeness (QED) is 0.569. The molecule has 0 aliphatic carbocycles. The number of rotatable bonds is 8. The smallest absolute Gasteiger partial charge is 0.237 e. The Morgan fingerprint density at radius 3 is 2.69 bits per heavy atom. The lowest BCUT2D eigenvalue weighted by Gasteiger charge is -2.15. The van der Waals surface area contributed by atoms with Crippen LogP contribution in [0.4, 0.5) is 5.69 Å². The van der Waals surface area contributed by atoms with Crippen molar-refractivity contribution in [3.8, 4) is 11.4 Å². The third-order valence-corrected chi connectivity index (χ3v) is 5.56. The average molecular weight is 412 g/mol. The average Bonchev–Trinajstić information content (AvgIpc) is 3.12. The second-order valence-electron chi connectivity index (χ2n) is 6.75. The van der Waals surface area contributed by atoms with Crippen LogP contribution in [0.15, 0.2) is 47.9 Å². The number of anilines is 1. The maximum Gasteiger partial charge on any atom is 0.237 e. The van der Waals surface area contributed by atoms with Gasteiger partial charge in [-0.2, -0.15) is 0 Å². The minimum Gasteiger partial charge on any atom is -0.383 e. The number of hydrogen-bond acceptors (Lipinski definition) is 6. The van der Waals surface area contributed by atoms with Crippen LogP contribution in [0.2, 0.25) is 0 Å². The van der Waals surface area contributed by atoms with Gasteiger partial charge < -0.3 is 10.1 Å². The van der Waals surface area contributed by atoms with Crippen molar-refractivity contribution in [2.45, 2.75) is 37.7 Å². The minimum atomic E-state index is -0.342. The highest BCUT2D eigenvalue weighted by atomic mass is 32.2. The van der Waals surface area contributed by atoms with E-state index in [2.05, 4.69) is 20.5 Å². The number of nitrogens with zero attached hydrogens (tertiary/aromatic N) is 4. The molecule has 0 spiro atoms. The highest BCUT2D eigenvalue weighted by molar-refractivity contribution is 8.00. The number of pyridine rings is 1. The summed E-state index contributed by atoms with van der Waals surface area (Å²) in [5, 5.41) is 12.0. The van der Waals surface area contributed by atoms with Gasteiger partial charge in [0.1, 0.15) is 0 Å². The van der Waals surface area contributed by atoms with E-state index in [0.29, 0.717) is 18.3 Å². The van der Waals surface area contributed by atoms with Crippen LogP contribution >= 0.6 is 11.8 Å². The zero-order valence-corrected chi connectivity index (χ0v) is 17.9. The highest BCUT2D eigenvalue weighted by Gasteiger charge is 2.21. The normalized spacial score (nSPS) is 12.0. The summed E-state index contributed by atoms with van der Waals surface area (Å²) in [4.78, 5) is 16.8. The third-order valence-electron chi connectivity index (χ3n) is 4.48. The van der Waals surface area contributed by atoms with E-state index in [1.807, 2.05) is 55.7 Å². The monoisotopic (exact) mass is 411 g/mol. The first-order valence-electron chi connectivity index (χ1n) is 9.37. The Labute approximate surface area is 174 Å². The largest absolute Gasteiger partial charge is 0.383 e. The molecule has 3 aromatic rings. The summed E-state index contributed by atoms with van der Waals surface area (Å²) in [6.07, 6.45) is 3.44. The van der Waals surface area contributed by atoms with E-state index >= 15 is 0 Å². The summed E-state index contributed by atoms with van der Waals surface area (Å²) >= 11 is 1.38. The molecule has 2 heterocycles. The molecule has 1 aromatic carbocycles. The number of hydrogen-bond donors (Lipinski definition) is 1. The molecule has 1 amide bonds. The molecule has 1 atom stereocenters. The van der Waals surface area contributed by atoms with Gasteiger partial charge in [-0.05, 0) is 50.1 Å². The molecule has 0 aliphatic rings. The molecule has 152 valence electrons. The van der Waals surface area contributed by atoms with Gasteiger partial charge in [0, 0.05) is 30.8 Å². The second-order valence-corrected chi connectivity index (χ2v) is 8.06. The second kappa shape index (κ2) is 9.67.